The number of amides is 1. The van der Waals surface area contributed by atoms with Crippen LogP contribution in [0.4, 0.5) is 14.5 Å². The van der Waals surface area contributed by atoms with Gasteiger partial charge in [0.25, 0.3) is 5.91 Å². The second-order valence-electron chi connectivity index (χ2n) is 9.25. The van der Waals surface area contributed by atoms with E-state index in [1.165, 1.54) is 22.9 Å². The van der Waals surface area contributed by atoms with E-state index in [2.05, 4.69) is 25.5 Å². The van der Waals surface area contributed by atoms with E-state index >= 15 is 0 Å². The summed E-state index contributed by atoms with van der Waals surface area (Å²) in [6, 6.07) is 1.91. The van der Waals surface area contributed by atoms with Crippen molar-refractivity contribution in [3.63, 3.8) is 0 Å². The van der Waals surface area contributed by atoms with Crippen LogP contribution in [-0.2, 0) is 21.0 Å². The van der Waals surface area contributed by atoms with Crippen LogP contribution in [0.2, 0.25) is 0 Å². The number of anilines is 1. The Labute approximate surface area is 232 Å². The second-order valence-corrected chi connectivity index (χ2v) is 10.1. The average molecular weight is 572 g/mol. The predicted molar refractivity (Wildman–Crippen MR) is 141 cm³/mol. The molecular weight excluding hydrogens is 544 g/mol. The zero-order valence-corrected chi connectivity index (χ0v) is 22.7. The number of rotatable bonds is 9. The summed E-state index contributed by atoms with van der Waals surface area (Å²) in [5.41, 5.74) is 0.683. The summed E-state index contributed by atoms with van der Waals surface area (Å²) < 4.78 is 42.5. The quantitative estimate of drug-likeness (QED) is 0.224. The van der Waals surface area contributed by atoms with Crippen molar-refractivity contribution < 1.29 is 27.8 Å². The van der Waals surface area contributed by atoms with E-state index in [1.807, 2.05) is 6.92 Å². The number of ether oxygens (including phenoxy) is 2. The number of esters is 1. The van der Waals surface area contributed by atoms with Gasteiger partial charge in [-0.15, -0.1) is 11.3 Å². The highest BCUT2D eigenvalue weighted by Crippen LogP contribution is 2.34. The average Bonchev–Trinajstić information content (AvgIpc) is 3.69. The van der Waals surface area contributed by atoms with Gasteiger partial charge in [-0.1, -0.05) is 0 Å². The molecule has 5 rings (SSSR count). The fourth-order valence-corrected chi connectivity index (χ4v) is 5.32. The summed E-state index contributed by atoms with van der Waals surface area (Å²) in [6.45, 7) is 3.87. The number of carbonyl (C=O) groups excluding carboxylic acids is 2. The molecule has 14 heteroatoms. The number of halogens is 2. The maximum atomic E-state index is 14.7. The third-order valence-electron chi connectivity index (χ3n) is 6.45. The molecule has 4 heterocycles. The largest absolute Gasteiger partial charge is 0.443 e. The molecule has 0 spiro atoms. The van der Waals surface area contributed by atoms with Crippen molar-refractivity contribution >= 4 is 28.9 Å². The van der Waals surface area contributed by atoms with E-state index in [-0.39, 0.29) is 41.6 Å². The van der Waals surface area contributed by atoms with Crippen molar-refractivity contribution in [2.24, 2.45) is 0 Å². The highest BCUT2D eigenvalue weighted by Gasteiger charge is 2.27. The lowest BCUT2D eigenvalue weighted by atomic mass is 9.93. The van der Waals surface area contributed by atoms with Gasteiger partial charge in [0.05, 0.1) is 24.0 Å². The van der Waals surface area contributed by atoms with Gasteiger partial charge in [0.1, 0.15) is 22.1 Å². The van der Waals surface area contributed by atoms with Crippen molar-refractivity contribution in [3.8, 4) is 22.0 Å². The van der Waals surface area contributed by atoms with E-state index in [0.29, 0.717) is 17.2 Å². The molecule has 4 aromatic rings. The van der Waals surface area contributed by atoms with Gasteiger partial charge in [0, 0.05) is 36.9 Å². The van der Waals surface area contributed by atoms with Gasteiger partial charge in [0.2, 0.25) is 5.95 Å². The molecular formula is C26H27F2N7O4S. The SMILES string of the molecule is CCO[C@H]1CC[C@H](n2cc(NC(=O)c3csc(-c4cnn(COC(C)=O)c4)n3)c(-c3nc(F)ccc3F)n2)CC1. The first-order chi connectivity index (χ1) is 19.3. The first kappa shape index (κ1) is 27.5. The number of thiazole rings is 1. The summed E-state index contributed by atoms with van der Waals surface area (Å²) in [5, 5.41) is 13.5. The molecule has 1 fully saturated rings. The topological polar surface area (TPSA) is 126 Å². The smallest absolute Gasteiger partial charge is 0.304 e. The minimum absolute atomic E-state index is 0.00659. The van der Waals surface area contributed by atoms with Crippen LogP contribution in [-0.4, -0.2) is 54.1 Å². The summed E-state index contributed by atoms with van der Waals surface area (Å²) in [4.78, 5) is 32.3. The van der Waals surface area contributed by atoms with E-state index in [4.69, 9.17) is 9.47 Å². The van der Waals surface area contributed by atoms with Crippen molar-refractivity contribution in [2.75, 3.05) is 11.9 Å². The van der Waals surface area contributed by atoms with Gasteiger partial charge in [0.15, 0.2) is 12.5 Å². The fraction of sp³-hybridized carbons (Fsp3) is 0.385. The fourth-order valence-electron chi connectivity index (χ4n) is 4.54. The van der Waals surface area contributed by atoms with Crippen LogP contribution in [0.1, 0.15) is 56.1 Å². The Morgan fingerprint density at radius 2 is 1.93 bits per heavy atom. The molecule has 0 aromatic carbocycles. The maximum absolute atomic E-state index is 14.7. The van der Waals surface area contributed by atoms with Crippen LogP contribution in [0.15, 0.2) is 36.1 Å². The molecule has 0 unspecified atom stereocenters. The standard InChI is InChI=1S/C26H27F2N7O4S/c1-3-38-18-6-4-17(5-7-18)35-12-20(24(33-35)23-19(27)8-9-22(28)32-23)30-25(37)21-13-40-26(31-21)16-10-29-34(11-16)14-39-15(2)36/h8-13,17-18H,3-7,14H2,1-2H3,(H,30,37)/t17-,18-. The van der Waals surface area contributed by atoms with Gasteiger partial charge in [-0.3, -0.25) is 14.3 Å². The molecule has 1 aliphatic carbocycles. The lowest BCUT2D eigenvalue weighted by Gasteiger charge is -2.28. The van der Waals surface area contributed by atoms with Crippen LogP contribution in [0.3, 0.4) is 0 Å². The zero-order valence-electron chi connectivity index (χ0n) is 21.8. The molecule has 0 atom stereocenters. The number of pyridine rings is 1. The number of hydrogen-bond acceptors (Lipinski definition) is 9. The minimum Gasteiger partial charge on any atom is -0.443 e. The molecule has 1 amide bonds. The number of hydrogen-bond donors (Lipinski definition) is 1. The first-order valence-corrected chi connectivity index (χ1v) is 13.6. The molecule has 0 aliphatic heterocycles. The molecule has 0 radical (unpaired) electrons. The van der Waals surface area contributed by atoms with Crippen molar-refractivity contribution in [1.82, 2.24) is 29.5 Å². The Morgan fingerprint density at radius 1 is 1.12 bits per heavy atom. The van der Waals surface area contributed by atoms with Crippen molar-refractivity contribution in [3.05, 3.63) is 53.6 Å². The normalized spacial score (nSPS) is 17.1. The maximum Gasteiger partial charge on any atom is 0.304 e. The molecule has 1 aliphatic rings. The molecule has 210 valence electrons. The Kier molecular flexibility index (Phi) is 8.26. The Balaban J connectivity index is 1.37. The van der Waals surface area contributed by atoms with Gasteiger partial charge >= 0.3 is 5.97 Å². The van der Waals surface area contributed by atoms with E-state index in [0.717, 1.165) is 37.8 Å². The van der Waals surface area contributed by atoms with Crippen LogP contribution in [0.25, 0.3) is 22.0 Å². The lowest BCUT2D eigenvalue weighted by Crippen LogP contribution is -2.24. The first-order valence-electron chi connectivity index (χ1n) is 12.8. The Morgan fingerprint density at radius 3 is 2.67 bits per heavy atom. The summed E-state index contributed by atoms with van der Waals surface area (Å²) >= 11 is 1.23. The summed E-state index contributed by atoms with van der Waals surface area (Å²) in [7, 11) is 0. The monoisotopic (exact) mass is 571 g/mol. The minimum atomic E-state index is -0.862. The summed E-state index contributed by atoms with van der Waals surface area (Å²) in [6.07, 6.45) is 8.27. The van der Waals surface area contributed by atoms with Crippen molar-refractivity contribution in [1.29, 1.82) is 0 Å². The Bertz CT molecular complexity index is 1510. The third kappa shape index (κ3) is 6.23. The van der Waals surface area contributed by atoms with E-state index in [1.54, 1.807) is 28.7 Å². The van der Waals surface area contributed by atoms with E-state index < -0.39 is 23.6 Å². The molecule has 4 aromatic heterocycles. The predicted octanol–water partition coefficient (Wildman–Crippen LogP) is 4.84. The molecule has 0 saturated heterocycles. The van der Waals surface area contributed by atoms with Crippen LogP contribution >= 0.6 is 11.3 Å². The zero-order chi connectivity index (χ0) is 28.2. The molecule has 1 saturated carbocycles. The van der Waals surface area contributed by atoms with E-state index in [9.17, 15) is 18.4 Å². The van der Waals surface area contributed by atoms with Crippen LogP contribution in [0.5, 0.6) is 0 Å². The Hall–Kier alpha value is -4.04. The second kappa shape index (κ2) is 12.0. The number of carbonyl (C=O) groups is 2. The van der Waals surface area contributed by atoms with Gasteiger partial charge in [-0.25, -0.2) is 19.0 Å². The number of nitrogens with zero attached hydrogens (tertiary/aromatic N) is 6. The molecule has 40 heavy (non-hydrogen) atoms. The summed E-state index contributed by atoms with van der Waals surface area (Å²) in [5.74, 6) is -2.60. The van der Waals surface area contributed by atoms with Crippen LogP contribution in [0, 0.1) is 11.8 Å². The molecule has 11 nitrogen and oxygen atoms in total. The highest BCUT2D eigenvalue weighted by molar-refractivity contribution is 7.13. The van der Waals surface area contributed by atoms with Crippen molar-refractivity contribution in [2.45, 2.75) is 58.4 Å². The number of nitrogens with one attached hydrogen (secondary N) is 1. The molecule has 1 N–H and O–H groups in total. The van der Waals surface area contributed by atoms with Gasteiger partial charge in [-0.2, -0.15) is 14.6 Å². The van der Waals surface area contributed by atoms with Crippen LogP contribution < -0.4 is 5.32 Å². The van der Waals surface area contributed by atoms with Gasteiger partial charge < -0.3 is 14.8 Å². The number of aromatic nitrogens is 6. The van der Waals surface area contributed by atoms with Gasteiger partial charge in [-0.05, 0) is 44.7 Å². The highest BCUT2D eigenvalue weighted by atomic mass is 32.1. The molecule has 0 bridgehead atoms. The third-order valence-corrected chi connectivity index (χ3v) is 7.35. The lowest BCUT2D eigenvalue weighted by molar-refractivity contribution is -0.145.